The summed E-state index contributed by atoms with van der Waals surface area (Å²) in [5, 5.41) is 0. The molecule has 0 unspecified atom stereocenters. The van der Waals surface area contributed by atoms with E-state index in [-0.39, 0.29) is 0 Å². The highest BCUT2D eigenvalue weighted by molar-refractivity contribution is 5.48. The molecule has 0 aliphatic heterocycles. The second-order valence-electron chi connectivity index (χ2n) is 5.15. The lowest BCUT2D eigenvalue weighted by molar-refractivity contribution is 0.0925. The molecular weight excluding hydrogens is 250 g/mol. The molecule has 3 heteroatoms. The summed E-state index contributed by atoms with van der Waals surface area (Å²) in [5.41, 5.74) is 7.46. The smallest absolute Gasteiger partial charge is 0.135 e. The van der Waals surface area contributed by atoms with Crippen LogP contribution in [0.3, 0.4) is 0 Å². The first-order valence-electron chi connectivity index (χ1n) is 7.13. The van der Waals surface area contributed by atoms with Gasteiger partial charge in [-0.1, -0.05) is 31.8 Å². The fourth-order valence-corrected chi connectivity index (χ4v) is 1.65. The molecule has 0 saturated carbocycles. The monoisotopic (exact) mass is 275 g/mol. The Bertz CT molecular complexity index is 458. The third kappa shape index (κ3) is 6.60. The quantitative estimate of drug-likeness (QED) is 0.614. The second-order valence-corrected chi connectivity index (χ2v) is 5.15. The highest BCUT2D eigenvalue weighted by Gasteiger charge is 2.02. The van der Waals surface area contributed by atoms with Crippen molar-refractivity contribution in [3.8, 4) is 17.6 Å². The van der Waals surface area contributed by atoms with E-state index in [4.69, 9.17) is 15.2 Å². The molecule has 0 aromatic heterocycles. The molecule has 0 bridgehead atoms. The van der Waals surface area contributed by atoms with E-state index in [1.807, 2.05) is 25.1 Å². The van der Waals surface area contributed by atoms with Gasteiger partial charge >= 0.3 is 0 Å². The van der Waals surface area contributed by atoms with Crippen molar-refractivity contribution in [2.24, 2.45) is 11.7 Å². The number of hydrogen-bond acceptors (Lipinski definition) is 3. The maximum absolute atomic E-state index is 5.73. The minimum Gasteiger partial charge on any atom is -0.490 e. The van der Waals surface area contributed by atoms with E-state index in [1.165, 1.54) is 0 Å². The number of ether oxygens (including phenoxy) is 2. The van der Waals surface area contributed by atoms with Gasteiger partial charge in [0.25, 0.3) is 0 Å². The molecule has 20 heavy (non-hydrogen) atoms. The fraction of sp³-hybridized carbons (Fsp3) is 0.529. The van der Waals surface area contributed by atoms with Crippen LogP contribution >= 0.6 is 0 Å². The Balaban J connectivity index is 2.43. The molecule has 0 aliphatic rings. The van der Waals surface area contributed by atoms with E-state index in [0.29, 0.717) is 25.7 Å². The zero-order valence-electron chi connectivity index (χ0n) is 12.7. The third-order valence-corrected chi connectivity index (χ3v) is 2.78. The van der Waals surface area contributed by atoms with Crippen molar-refractivity contribution in [3.05, 3.63) is 29.3 Å². The van der Waals surface area contributed by atoms with Gasteiger partial charge in [-0.15, -0.1) is 0 Å². The first-order chi connectivity index (χ1) is 9.63. The Morgan fingerprint density at radius 3 is 2.70 bits per heavy atom. The second kappa shape index (κ2) is 9.41. The summed E-state index contributed by atoms with van der Waals surface area (Å²) in [7, 11) is 0. The van der Waals surface area contributed by atoms with E-state index in [2.05, 4.69) is 25.7 Å². The minimum absolute atomic E-state index is 0.353. The van der Waals surface area contributed by atoms with Crippen molar-refractivity contribution in [2.75, 3.05) is 26.4 Å². The van der Waals surface area contributed by atoms with Crippen molar-refractivity contribution in [3.63, 3.8) is 0 Å². The first kappa shape index (κ1) is 16.6. The highest BCUT2D eigenvalue weighted by atomic mass is 16.5. The number of benzene rings is 1. The Morgan fingerprint density at radius 1 is 1.20 bits per heavy atom. The van der Waals surface area contributed by atoms with Crippen molar-refractivity contribution in [1.29, 1.82) is 0 Å². The predicted octanol–water partition coefficient (Wildman–Crippen LogP) is 2.75. The molecule has 3 nitrogen and oxygen atoms in total. The van der Waals surface area contributed by atoms with Gasteiger partial charge in [0.15, 0.2) is 0 Å². The van der Waals surface area contributed by atoms with Crippen molar-refractivity contribution in [1.82, 2.24) is 0 Å². The summed E-state index contributed by atoms with van der Waals surface area (Å²) < 4.78 is 11.3. The molecule has 110 valence electrons. The molecule has 1 aromatic rings. The van der Waals surface area contributed by atoms with Gasteiger partial charge in [-0.05, 0) is 37.0 Å². The van der Waals surface area contributed by atoms with Gasteiger partial charge in [0.1, 0.15) is 12.4 Å². The van der Waals surface area contributed by atoms with Gasteiger partial charge in [-0.2, -0.15) is 0 Å². The molecule has 0 amide bonds. The zero-order valence-corrected chi connectivity index (χ0v) is 12.7. The Morgan fingerprint density at radius 2 is 2.00 bits per heavy atom. The third-order valence-electron chi connectivity index (χ3n) is 2.78. The van der Waals surface area contributed by atoms with Gasteiger partial charge in [0.2, 0.25) is 0 Å². The SMILES string of the molecule is Cc1ccc(OCCOCCC(C)C)c(C#CCN)c1. The van der Waals surface area contributed by atoms with Crippen LogP contribution in [0.15, 0.2) is 18.2 Å². The summed E-state index contributed by atoms with van der Waals surface area (Å²) >= 11 is 0. The molecule has 0 saturated heterocycles. The molecule has 2 N–H and O–H groups in total. The molecule has 0 aliphatic carbocycles. The van der Waals surface area contributed by atoms with Gasteiger partial charge in [-0.25, -0.2) is 0 Å². The van der Waals surface area contributed by atoms with E-state index in [1.54, 1.807) is 0 Å². The topological polar surface area (TPSA) is 44.5 Å². The fourth-order valence-electron chi connectivity index (χ4n) is 1.65. The Hall–Kier alpha value is -1.50. The van der Waals surface area contributed by atoms with Crippen LogP contribution in [0.1, 0.15) is 31.4 Å². The molecule has 0 radical (unpaired) electrons. The zero-order chi connectivity index (χ0) is 14.8. The van der Waals surface area contributed by atoms with E-state index >= 15 is 0 Å². The van der Waals surface area contributed by atoms with E-state index in [9.17, 15) is 0 Å². The largest absolute Gasteiger partial charge is 0.490 e. The maximum Gasteiger partial charge on any atom is 0.135 e. The van der Waals surface area contributed by atoms with Gasteiger partial charge in [0.05, 0.1) is 18.7 Å². The van der Waals surface area contributed by atoms with Crippen molar-refractivity contribution in [2.45, 2.75) is 27.2 Å². The molecule has 1 aromatic carbocycles. The van der Waals surface area contributed by atoms with Crippen LogP contribution in [0.2, 0.25) is 0 Å². The van der Waals surface area contributed by atoms with Crippen LogP contribution in [0, 0.1) is 24.7 Å². The predicted molar refractivity (Wildman–Crippen MR) is 82.9 cm³/mol. The van der Waals surface area contributed by atoms with Crippen LogP contribution < -0.4 is 10.5 Å². The van der Waals surface area contributed by atoms with Crippen molar-refractivity contribution < 1.29 is 9.47 Å². The number of nitrogens with two attached hydrogens (primary N) is 1. The highest BCUT2D eigenvalue weighted by Crippen LogP contribution is 2.18. The van der Waals surface area contributed by atoms with E-state index in [0.717, 1.165) is 29.9 Å². The van der Waals surface area contributed by atoms with Crippen LogP contribution in [0.4, 0.5) is 0 Å². The molecule has 0 heterocycles. The molecule has 0 atom stereocenters. The van der Waals surface area contributed by atoms with Gasteiger partial charge < -0.3 is 15.2 Å². The lowest BCUT2D eigenvalue weighted by atomic mass is 10.1. The summed E-state index contributed by atoms with van der Waals surface area (Å²) in [4.78, 5) is 0. The van der Waals surface area contributed by atoms with Crippen molar-refractivity contribution >= 4 is 0 Å². The van der Waals surface area contributed by atoms with Crippen LogP contribution in [0.25, 0.3) is 0 Å². The molecule has 0 spiro atoms. The summed E-state index contributed by atoms with van der Waals surface area (Å²) in [6.07, 6.45) is 1.08. The Labute approximate surface area is 122 Å². The first-order valence-corrected chi connectivity index (χ1v) is 7.13. The number of aryl methyl sites for hydroxylation is 1. The summed E-state index contributed by atoms with van der Waals surface area (Å²) in [6.45, 7) is 8.69. The average Bonchev–Trinajstić information content (AvgIpc) is 2.41. The van der Waals surface area contributed by atoms with Gasteiger partial charge in [0, 0.05) is 6.61 Å². The van der Waals surface area contributed by atoms with Crippen LogP contribution in [-0.4, -0.2) is 26.4 Å². The lowest BCUT2D eigenvalue weighted by Crippen LogP contribution is -2.09. The Kier molecular flexibility index (Phi) is 7.79. The summed E-state index contributed by atoms with van der Waals surface area (Å²) in [5.74, 6) is 7.37. The molecular formula is C17H25NO2. The average molecular weight is 275 g/mol. The minimum atomic E-state index is 0.353. The standard InChI is InChI=1S/C17H25NO2/c1-14(2)8-10-19-11-12-20-17-7-6-15(3)13-16(17)5-4-9-18/h6-7,13-14H,8-12,18H2,1-3H3. The number of rotatable bonds is 7. The maximum atomic E-state index is 5.73. The lowest BCUT2D eigenvalue weighted by Gasteiger charge is -2.10. The molecule has 1 rings (SSSR count). The molecule has 0 fully saturated rings. The van der Waals surface area contributed by atoms with Crippen LogP contribution in [-0.2, 0) is 4.74 Å². The normalized spacial score (nSPS) is 10.2. The summed E-state index contributed by atoms with van der Waals surface area (Å²) in [6, 6.07) is 5.98. The van der Waals surface area contributed by atoms with Crippen LogP contribution in [0.5, 0.6) is 5.75 Å². The van der Waals surface area contributed by atoms with Gasteiger partial charge in [-0.3, -0.25) is 0 Å². The number of hydrogen-bond donors (Lipinski definition) is 1. The van der Waals surface area contributed by atoms with E-state index < -0.39 is 0 Å².